The molecule has 2 aromatic carbocycles. The van der Waals surface area contributed by atoms with Crippen molar-refractivity contribution in [1.29, 1.82) is 0 Å². The summed E-state index contributed by atoms with van der Waals surface area (Å²) in [5.41, 5.74) is 0.957. The fraction of sp³-hybridized carbons (Fsp3) is 0.355. The van der Waals surface area contributed by atoms with E-state index in [0.717, 1.165) is 62.6 Å². The Hall–Kier alpha value is -3.76. The number of benzene rings is 2. The molecular weight excluding hydrogens is 488 g/mol. The van der Waals surface area contributed by atoms with E-state index in [4.69, 9.17) is 9.84 Å². The van der Waals surface area contributed by atoms with Crippen molar-refractivity contribution in [3.05, 3.63) is 82.2 Å². The number of hydrogen-bond donors (Lipinski definition) is 1. The topological polar surface area (TPSA) is 68.5 Å². The zero-order valence-electron chi connectivity index (χ0n) is 22.1. The molecule has 0 radical (unpaired) electrons. The van der Waals surface area contributed by atoms with E-state index in [1.807, 2.05) is 0 Å². The normalized spacial score (nSPS) is 10.7. The van der Waals surface area contributed by atoms with Gasteiger partial charge >= 0.3 is 5.97 Å². The van der Waals surface area contributed by atoms with Crippen molar-refractivity contribution >= 4 is 11.8 Å². The van der Waals surface area contributed by atoms with Gasteiger partial charge in [0.05, 0.1) is 18.4 Å². The Morgan fingerprint density at radius 2 is 1.55 bits per heavy atom. The van der Waals surface area contributed by atoms with Crippen molar-refractivity contribution in [2.45, 2.75) is 51.9 Å². The van der Waals surface area contributed by atoms with Gasteiger partial charge in [0.1, 0.15) is 11.6 Å². The van der Waals surface area contributed by atoms with E-state index >= 15 is 0 Å². The Morgan fingerprint density at radius 3 is 2.21 bits per heavy atom. The second kappa shape index (κ2) is 13.7. The van der Waals surface area contributed by atoms with Crippen LogP contribution in [0.25, 0.3) is 11.1 Å². The standard InChI is InChI=1S/C31H33F2NO4/c1-21-25(32)17-18-26(33)27(21)28-24(31(37)38-3)20-34(2)29(28)30(36)23-15-13-22(14-16-23)12-10-8-6-4-5-7-9-11-19-35/h13-18,20,35H,4-9,11,19H2,1-3H3. The molecule has 1 heterocycles. The number of aliphatic hydroxyl groups excluding tert-OH is 1. The maximum absolute atomic E-state index is 15.0. The van der Waals surface area contributed by atoms with Gasteiger partial charge in [-0.15, -0.1) is 0 Å². The summed E-state index contributed by atoms with van der Waals surface area (Å²) >= 11 is 0. The highest BCUT2D eigenvalue weighted by Gasteiger charge is 2.29. The lowest BCUT2D eigenvalue weighted by atomic mass is 9.93. The monoisotopic (exact) mass is 521 g/mol. The third kappa shape index (κ3) is 6.76. The van der Waals surface area contributed by atoms with Crippen LogP contribution in [0, 0.1) is 30.4 Å². The van der Waals surface area contributed by atoms with E-state index in [1.54, 1.807) is 31.3 Å². The second-order valence-corrected chi connectivity index (χ2v) is 9.20. The average Bonchev–Trinajstić information content (AvgIpc) is 3.26. The van der Waals surface area contributed by atoms with E-state index in [9.17, 15) is 18.4 Å². The number of methoxy groups -OCH3 is 1. The molecule has 38 heavy (non-hydrogen) atoms. The third-order valence-electron chi connectivity index (χ3n) is 6.49. The van der Waals surface area contributed by atoms with Crippen molar-refractivity contribution < 1.29 is 28.2 Å². The summed E-state index contributed by atoms with van der Waals surface area (Å²) in [5.74, 6) is 3.67. The van der Waals surface area contributed by atoms with Crippen molar-refractivity contribution in [2.24, 2.45) is 7.05 Å². The minimum Gasteiger partial charge on any atom is -0.465 e. The van der Waals surface area contributed by atoms with Crippen LogP contribution in [0.3, 0.4) is 0 Å². The fourth-order valence-corrected chi connectivity index (χ4v) is 4.42. The number of ketones is 1. The predicted octanol–water partition coefficient (Wildman–Crippen LogP) is 6.37. The predicted molar refractivity (Wildman–Crippen MR) is 143 cm³/mol. The third-order valence-corrected chi connectivity index (χ3v) is 6.49. The molecule has 3 aromatic rings. The Labute approximate surface area is 222 Å². The SMILES string of the molecule is COC(=O)c1cn(C)c(C(=O)c2ccc(C#CCCCCCCCCO)cc2)c1-c1c(F)ccc(F)c1C. The molecule has 0 spiro atoms. The van der Waals surface area contributed by atoms with E-state index < -0.39 is 23.4 Å². The fourth-order valence-electron chi connectivity index (χ4n) is 4.42. The highest BCUT2D eigenvalue weighted by molar-refractivity contribution is 6.15. The maximum atomic E-state index is 15.0. The molecule has 5 nitrogen and oxygen atoms in total. The van der Waals surface area contributed by atoms with Gasteiger partial charge in [-0.25, -0.2) is 13.6 Å². The van der Waals surface area contributed by atoms with Crippen LogP contribution in [0.1, 0.15) is 82.5 Å². The maximum Gasteiger partial charge on any atom is 0.340 e. The van der Waals surface area contributed by atoms with Gasteiger partial charge in [0.15, 0.2) is 0 Å². The van der Waals surface area contributed by atoms with Crippen LogP contribution in [-0.4, -0.2) is 35.1 Å². The van der Waals surface area contributed by atoms with Gasteiger partial charge in [0, 0.05) is 48.5 Å². The number of hydrogen-bond acceptors (Lipinski definition) is 4. The second-order valence-electron chi connectivity index (χ2n) is 9.20. The highest BCUT2D eigenvalue weighted by Crippen LogP contribution is 2.36. The van der Waals surface area contributed by atoms with Gasteiger partial charge in [0.2, 0.25) is 5.78 Å². The number of nitrogens with zero attached hydrogens (tertiary/aromatic N) is 1. The first-order chi connectivity index (χ1) is 18.3. The molecular formula is C31H33F2NO4. The quantitative estimate of drug-likeness (QED) is 0.138. The summed E-state index contributed by atoms with van der Waals surface area (Å²) in [5, 5.41) is 8.80. The number of aryl methyl sites for hydroxylation is 1. The lowest BCUT2D eigenvalue weighted by Crippen LogP contribution is -2.10. The van der Waals surface area contributed by atoms with Gasteiger partial charge in [0.25, 0.3) is 0 Å². The van der Waals surface area contributed by atoms with Crippen molar-refractivity contribution in [3.63, 3.8) is 0 Å². The van der Waals surface area contributed by atoms with E-state index in [0.29, 0.717) is 5.56 Å². The molecule has 0 saturated heterocycles. The number of ether oxygens (including phenoxy) is 1. The first-order valence-corrected chi connectivity index (χ1v) is 12.8. The Bertz CT molecular complexity index is 1350. The number of aliphatic hydroxyl groups is 1. The molecule has 0 aliphatic rings. The molecule has 7 heteroatoms. The van der Waals surface area contributed by atoms with E-state index in [1.165, 1.54) is 24.8 Å². The molecule has 1 N–H and O–H groups in total. The van der Waals surface area contributed by atoms with Crippen molar-refractivity contribution in [3.8, 4) is 23.0 Å². The molecule has 0 atom stereocenters. The van der Waals surface area contributed by atoms with Crippen molar-refractivity contribution in [1.82, 2.24) is 4.57 Å². The van der Waals surface area contributed by atoms with Crippen LogP contribution in [0.2, 0.25) is 0 Å². The zero-order chi connectivity index (χ0) is 27.7. The molecule has 200 valence electrons. The number of unbranched alkanes of at least 4 members (excludes halogenated alkanes) is 6. The summed E-state index contributed by atoms with van der Waals surface area (Å²) in [6.07, 6.45) is 8.46. The molecule has 0 saturated carbocycles. The first kappa shape index (κ1) is 28.8. The van der Waals surface area contributed by atoms with Gasteiger partial charge in [-0.3, -0.25) is 4.79 Å². The number of carbonyl (C=O) groups is 2. The van der Waals surface area contributed by atoms with Gasteiger partial charge in [-0.05, 0) is 61.7 Å². The average molecular weight is 522 g/mol. The molecule has 3 rings (SSSR count). The summed E-state index contributed by atoms with van der Waals surface area (Å²) in [7, 11) is 2.76. The van der Waals surface area contributed by atoms with Gasteiger partial charge in [-0.2, -0.15) is 0 Å². The Balaban J connectivity index is 1.83. The number of esters is 1. The van der Waals surface area contributed by atoms with Crippen LogP contribution < -0.4 is 0 Å². The lowest BCUT2D eigenvalue weighted by Gasteiger charge is -2.13. The molecule has 0 aliphatic carbocycles. The smallest absolute Gasteiger partial charge is 0.340 e. The Morgan fingerprint density at radius 1 is 0.921 bits per heavy atom. The number of aromatic nitrogens is 1. The molecule has 0 bridgehead atoms. The first-order valence-electron chi connectivity index (χ1n) is 12.8. The summed E-state index contributed by atoms with van der Waals surface area (Å²) < 4.78 is 35.7. The highest BCUT2D eigenvalue weighted by atomic mass is 19.1. The van der Waals surface area contributed by atoms with Crippen LogP contribution in [0.4, 0.5) is 8.78 Å². The lowest BCUT2D eigenvalue weighted by molar-refractivity contribution is 0.0601. The molecule has 1 aromatic heterocycles. The number of carbonyl (C=O) groups excluding carboxylic acids is 2. The van der Waals surface area contributed by atoms with Gasteiger partial charge < -0.3 is 14.4 Å². The molecule has 0 unspecified atom stereocenters. The van der Waals surface area contributed by atoms with E-state index in [2.05, 4.69) is 11.8 Å². The minimum absolute atomic E-state index is 0.000853. The summed E-state index contributed by atoms with van der Waals surface area (Å²) in [4.78, 5) is 26.1. The van der Waals surface area contributed by atoms with Crippen molar-refractivity contribution in [2.75, 3.05) is 13.7 Å². The minimum atomic E-state index is -0.756. The molecule has 0 amide bonds. The largest absolute Gasteiger partial charge is 0.465 e. The van der Waals surface area contributed by atoms with Crippen LogP contribution >= 0.6 is 0 Å². The number of rotatable bonds is 11. The zero-order valence-corrected chi connectivity index (χ0v) is 22.1. The summed E-state index contributed by atoms with van der Waals surface area (Å²) in [6, 6.07) is 8.74. The summed E-state index contributed by atoms with van der Waals surface area (Å²) in [6.45, 7) is 1.66. The van der Waals surface area contributed by atoms with Crippen LogP contribution in [-0.2, 0) is 11.8 Å². The van der Waals surface area contributed by atoms with E-state index in [-0.39, 0.29) is 34.6 Å². The van der Waals surface area contributed by atoms with Gasteiger partial charge in [-0.1, -0.05) is 37.5 Å². The molecule has 0 fully saturated rings. The van der Waals surface area contributed by atoms with Crippen LogP contribution in [0.5, 0.6) is 0 Å². The van der Waals surface area contributed by atoms with Crippen LogP contribution in [0.15, 0.2) is 42.6 Å². The number of halogens is 2. The molecule has 0 aliphatic heterocycles. The Kier molecular flexibility index (Phi) is 10.4.